The number of terminal acetylenes is 1. The number of hydrogen-bond acceptors (Lipinski definition) is 4. The Morgan fingerprint density at radius 2 is 2.21 bits per heavy atom. The summed E-state index contributed by atoms with van der Waals surface area (Å²) >= 11 is 1.20. The number of carbonyl (C=O) groups is 2. The Morgan fingerprint density at radius 3 is 2.84 bits per heavy atom. The van der Waals surface area contributed by atoms with Crippen LogP contribution < -0.4 is 10.6 Å². The lowest BCUT2D eigenvalue weighted by Crippen LogP contribution is -2.35. The molecule has 0 unspecified atom stereocenters. The van der Waals surface area contributed by atoms with Crippen molar-refractivity contribution in [3.63, 3.8) is 0 Å². The lowest BCUT2D eigenvalue weighted by atomic mass is 10.2. The molecule has 3 N–H and O–H groups in total. The highest BCUT2D eigenvalue weighted by atomic mass is 32.1. The van der Waals surface area contributed by atoms with Crippen molar-refractivity contribution in [1.82, 2.24) is 15.6 Å². The van der Waals surface area contributed by atoms with E-state index in [0.29, 0.717) is 18.0 Å². The molecule has 0 atom stereocenters. The van der Waals surface area contributed by atoms with Gasteiger partial charge in [0.2, 0.25) is 0 Å². The fraction of sp³-hybridized carbons (Fsp3) is 0.417. The van der Waals surface area contributed by atoms with Crippen LogP contribution in [-0.4, -0.2) is 28.6 Å². The highest BCUT2D eigenvalue weighted by Gasteiger charge is 2.09. The number of nitrogens with one attached hydrogen (secondary N) is 2. The largest absolute Gasteiger partial charge is 0.476 e. The molecule has 0 spiro atoms. The lowest BCUT2D eigenvalue weighted by Gasteiger charge is -2.05. The first-order chi connectivity index (χ1) is 9.13. The molecule has 0 fully saturated rings. The molecular weight excluding hydrogens is 266 g/mol. The average molecular weight is 281 g/mol. The van der Waals surface area contributed by atoms with Crippen LogP contribution in [0.2, 0.25) is 0 Å². The fourth-order valence-electron chi connectivity index (χ4n) is 1.26. The van der Waals surface area contributed by atoms with E-state index in [4.69, 9.17) is 11.5 Å². The molecule has 0 bridgehead atoms. The number of aromatic carboxylic acids is 1. The second-order valence-electron chi connectivity index (χ2n) is 3.70. The van der Waals surface area contributed by atoms with Crippen molar-refractivity contribution in [3.05, 3.63) is 16.1 Å². The second-order valence-corrected chi connectivity index (χ2v) is 4.64. The van der Waals surface area contributed by atoms with Crippen LogP contribution in [0.25, 0.3) is 0 Å². The van der Waals surface area contributed by atoms with Crippen LogP contribution in [0, 0.1) is 12.3 Å². The van der Waals surface area contributed by atoms with E-state index in [1.54, 1.807) is 0 Å². The summed E-state index contributed by atoms with van der Waals surface area (Å²) in [4.78, 5) is 25.9. The minimum Gasteiger partial charge on any atom is -0.476 e. The minimum atomic E-state index is -1.07. The van der Waals surface area contributed by atoms with Gasteiger partial charge < -0.3 is 15.7 Å². The van der Waals surface area contributed by atoms with Gasteiger partial charge in [0.15, 0.2) is 5.69 Å². The van der Waals surface area contributed by atoms with Crippen LogP contribution in [0.1, 0.15) is 34.8 Å². The van der Waals surface area contributed by atoms with Gasteiger partial charge in [0.05, 0.1) is 6.54 Å². The predicted molar refractivity (Wildman–Crippen MR) is 72.0 cm³/mol. The topological polar surface area (TPSA) is 91.3 Å². The van der Waals surface area contributed by atoms with Crippen molar-refractivity contribution in [2.75, 3.05) is 6.54 Å². The zero-order valence-corrected chi connectivity index (χ0v) is 11.1. The zero-order valence-electron chi connectivity index (χ0n) is 10.3. The molecule has 0 radical (unpaired) electrons. The molecular formula is C12H15N3O3S. The Balaban J connectivity index is 2.19. The van der Waals surface area contributed by atoms with Gasteiger partial charge in [-0.05, 0) is 12.8 Å². The number of amides is 2. The standard InChI is InChI=1S/C12H15N3O3S/c1-2-3-4-5-6-13-12(18)14-7-10-15-9(8-19-10)11(16)17/h1,8H,3-7H2,(H,16,17)(H2,13,14,18). The van der Waals surface area contributed by atoms with E-state index in [1.807, 2.05) is 0 Å². The molecule has 19 heavy (non-hydrogen) atoms. The molecule has 0 aromatic carbocycles. The van der Waals surface area contributed by atoms with Crippen molar-refractivity contribution in [1.29, 1.82) is 0 Å². The molecule has 6 nitrogen and oxygen atoms in total. The Labute approximate surface area is 115 Å². The molecule has 0 saturated heterocycles. The Hall–Kier alpha value is -2.07. The van der Waals surface area contributed by atoms with Crippen LogP contribution >= 0.6 is 11.3 Å². The van der Waals surface area contributed by atoms with E-state index >= 15 is 0 Å². The van der Waals surface area contributed by atoms with E-state index < -0.39 is 5.97 Å². The molecule has 2 amide bonds. The first kappa shape index (κ1) is 15.0. The minimum absolute atomic E-state index is 0.00325. The number of urea groups is 1. The van der Waals surface area contributed by atoms with Crippen LogP contribution in [0.4, 0.5) is 4.79 Å². The van der Waals surface area contributed by atoms with E-state index in [-0.39, 0.29) is 18.3 Å². The van der Waals surface area contributed by atoms with Crippen molar-refractivity contribution in [3.8, 4) is 12.3 Å². The summed E-state index contributed by atoms with van der Waals surface area (Å²) < 4.78 is 0. The van der Waals surface area contributed by atoms with Crippen LogP contribution in [0.5, 0.6) is 0 Å². The van der Waals surface area contributed by atoms with Crippen molar-refractivity contribution < 1.29 is 14.7 Å². The third-order valence-corrected chi connectivity index (χ3v) is 3.05. The third-order valence-electron chi connectivity index (χ3n) is 2.20. The summed E-state index contributed by atoms with van der Waals surface area (Å²) in [6.45, 7) is 0.778. The van der Waals surface area contributed by atoms with Gasteiger partial charge in [0.25, 0.3) is 0 Å². The van der Waals surface area contributed by atoms with Crippen LogP contribution in [-0.2, 0) is 6.54 Å². The Bertz CT molecular complexity index is 479. The maximum Gasteiger partial charge on any atom is 0.355 e. The monoisotopic (exact) mass is 281 g/mol. The number of carboxylic acids is 1. The number of unbranched alkanes of at least 4 members (excludes halogenated alkanes) is 2. The first-order valence-corrected chi connectivity index (χ1v) is 6.64. The number of carboxylic acid groups (broad SMARTS) is 1. The molecule has 0 saturated carbocycles. The summed E-state index contributed by atoms with van der Waals surface area (Å²) in [6, 6.07) is -0.298. The average Bonchev–Trinajstić information content (AvgIpc) is 2.85. The van der Waals surface area contributed by atoms with E-state index in [1.165, 1.54) is 16.7 Å². The van der Waals surface area contributed by atoms with Crippen molar-refractivity contribution in [2.24, 2.45) is 0 Å². The SMILES string of the molecule is C#CCCCCNC(=O)NCc1nc(C(=O)O)cs1. The van der Waals surface area contributed by atoms with Gasteiger partial charge in [0.1, 0.15) is 5.01 Å². The molecule has 7 heteroatoms. The molecule has 1 aromatic heterocycles. The second kappa shape index (κ2) is 8.11. The van der Waals surface area contributed by atoms with Crippen molar-refractivity contribution >= 4 is 23.3 Å². The summed E-state index contributed by atoms with van der Waals surface area (Å²) in [5.41, 5.74) is -0.00325. The Morgan fingerprint density at radius 1 is 1.42 bits per heavy atom. The number of rotatable bonds is 7. The highest BCUT2D eigenvalue weighted by Crippen LogP contribution is 2.09. The van der Waals surface area contributed by atoms with Gasteiger partial charge in [-0.1, -0.05) is 0 Å². The smallest absolute Gasteiger partial charge is 0.355 e. The normalized spacial score (nSPS) is 9.63. The maximum atomic E-state index is 11.4. The van der Waals surface area contributed by atoms with Gasteiger partial charge in [-0.3, -0.25) is 0 Å². The fourth-order valence-corrected chi connectivity index (χ4v) is 1.97. The molecule has 0 aliphatic carbocycles. The molecule has 1 heterocycles. The number of thiazole rings is 1. The van der Waals surface area contributed by atoms with Gasteiger partial charge in [0, 0.05) is 18.3 Å². The molecule has 0 aliphatic rings. The van der Waals surface area contributed by atoms with Gasteiger partial charge in [-0.15, -0.1) is 23.7 Å². The molecule has 102 valence electrons. The van der Waals surface area contributed by atoms with Crippen molar-refractivity contribution in [2.45, 2.75) is 25.8 Å². The van der Waals surface area contributed by atoms with Gasteiger partial charge >= 0.3 is 12.0 Å². The summed E-state index contributed by atoms with van der Waals surface area (Å²) in [5.74, 6) is 1.46. The molecule has 0 aliphatic heterocycles. The highest BCUT2D eigenvalue weighted by molar-refractivity contribution is 7.09. The number of nitrogens with zero attached hydrogens (tertiary/aromatic N) is 1. The first-order valence-electron chi connectivity index (χ1n) is 5.76. The number of carbonyl (C=O) groups excluding carboxylic acids is 1. The summed E-state index contributed by atoms with van der Waals surface area (Å²) in [6.07, 6.45) is 7.53. The van der Waals surface area contributed by atoms with Gasteiger partial charge in [-0.25, -0.2) is 14.6 Å². The molecule has 1 rings (SSSR count). The van der Waals surface area contributed by atoms with E-state index in [2.05, 4.69) is 21.5 Å². The lowest BCUT2D eigenvalue weighted by molar-refractivity contribution is 0.0691. The number of hydrogen-bond donors (Lipinski definition) is 3. The molecule has 1 aromatic rings. The quantitative estimate of drug-likeness (QED) is 0.521. The predicted octanol–water partition coefficient (Wildman–Crippen LogP) is 1.44. The van der Waals surface area contributed by atoms with E-state index in [0.717, 1.165) is 12.8 Å². The zero-order chi connectivity index (χ0) is 14.1. The van der Waals surface area contributed by atoms with Crippen LogP contribution in [0.15, 0.2) is 5.38 Å². The van der Waals surface area contributed by atoms with Gasteiger partial charge in [-0.2, -0.15) is 0 Å². The maximum absolute atomic E-state index is 11.4. The third kappa shape index (κ3) is 5.88. The number of aromatic nitrogens is 1. The van der Waals surface area contributed by atoms with Crippen LogP contribution in [0.3, 0.4) is 0 Å². The van der Waals surface area contributed by atoms with E-state index in [9.17, 15) is 9.59 Å². The Kier molecular flexibility index (Phi) is 6.39. The summed E-state index contributed by atoms with van der Waals surface area (Å²) in [7, 11) is 0. The summed E-state index contributed by atoms with van der Waals surface area (Å²) in [5, 5.41) is 16.0.